The molecule has 1 aliphatic heterocycles. The number of amides is 2. The van der Waals surface area contributed by atoms with E-state index in [4.69, 9.17) is 4.74 Å². The number of benzene rings is 2. The Hall–Kier alpha value is -2.82. The highest BCUT2D eigenvalue weighted by Gasteiger charge is 2.23. The number of piperidine rings is 1. The Kier molecular flexibility index (Phi) is 7.89. The van der Waals surface area contributed by atoms with Gasteiger partial charge in [0.15, 0.2) is 0 Å². The monoisotopic (exact) mass is 408 g/mol. The first-order valence-electron chi connectivity index (χ1n) is 11.0. The second-order valence-corrected chi connectivity index (χ2v) is 8.05. The molecule has 2 amide bonds. The van der Waals surface area contributed by atoms with E-state index < -0.39 is 0 Å². The molecule has 0 aromatic heterocycles. The van der Waals surface area contributed by atoms with Crippen molar-refractivity contribution in [2.75, 3.05) is 25.0 Å². The Morgan fingerprint density at radius 2 is 1.73 bits per heavy atom. The average molecular weight is 409 g/mol. The van der Waals surface area contributed by atoms with Crippen LogP contribution in [0.15, 0.2) is 48.5 Å². The lowest BCUT2D eigenvalue weighted by Crippen LogP contribution is -2.38. The van der Waals surface area contributed by atoms with Crippen LogP contribution < -0.4 is 10.1 Å². The number of carbonyl (C=O) groups excluding carboxylic acids is 2. The highest BCUT2D eigenvalue weighted by Crippen LogP contribution is 2.23. The zero-order chi connectivity index (χ0) is 21.3. The first-order chi connectivity index (χ1) is 14.6. The van der Waals surface area contributed by atoms with E-state index in [1.165, 1.54) is 0 Å². The topological polar surface area (TPSA) is 58.6 Å². The van der Waals surface area contributed by atoms with Gasteiger partial charge in [-0.25, -0.2) is 0 Å². The molecule has 2 aromatic rings. The molecule has 1 saturated heterocycles. The molecule has 0 unspecified atom stereocenters. The molecule has 5 heteroatoms. The number of rotatable bonds is 8. The van der Waals surface area contributed by atoms with Crippen molar-refractivity contribution < 1.29 is 14.3 Å². The first-order valence-corrected chi connectivity index (χ1v) is 11.0. The Balaban J connectivity index is 1.63. The van der Waals surface area contributed by atoms with Crippen LogP contribution in [-0.2, 0) is 0 Å². The molecule has 3 rings (SSSR count). The number of likely N-dealkylation sites (tertiary alicyclic amines) is 1. The largest absolute Gasteiger partial charge is 0.494 e. The molecule has 5 nitrogen and oxygen atoms in total. The van der Waals surface area contributed by atoms with Gasteiger partial charge in [0.1, 0.15) is 5.75 Å². The maximum atomic E-state index is 13.0. The van der Waals surface area contributed by atoms with Gasteiger partial charge in [-0.3, -0.25) is 9.59 Å². The normalized spacial score (nSPS) is 14.4. The Bertz CT molecular complexity index is 840. The van der Waals surface area contributed by atoms with E-state index in [0.717, 1.165) is 50.9 Å². The van der Waals surface area contributed by atoms with Gasteiger partial charge in [0, 0.05) is 18.7 Å². The number of unbranched alkanes of at least 4 members (excludes halogenated alkanes) is 2. The summed E-state index contributed by atoms with van der Waals surface area (Å²) in [5.41, 5.74) is 1.62. The van der Waals surface area contributed by atoms with Crippen LogP contribution in [0.3, 0.4) is 0 Å². The minimum atomic E-state index is -0.236. The Labute approximate surface area is 179 Å². The van der Waals surface area contributed by atoms with Gasteiger partial charge < -0.3 is 15.0 Å². The van der Waals surface area contributed by atoms with Gasteiger partial charge in [-0.05, 0) is 61.6 Å². The Morgan fingerprint density at radius 3 is 2.43 bits per heavy atom. The van der Waals surface area contributed by atoms with Crippen LogP contribution in [0.2, 0.25) is 0 Å². The van der Waals surface area contributed by atoms with E-state index in [0.29, 0.717) is 29.3 Å². The van der Waals surface area contributed by atoms with Crippen molar-refractivity contribution in [1.82, 2.24) is 4.90 Å². The fraction of sp³-hybridized carbons (Fsp3) is 0.440. The second kappa shape index (κ2) is 10.8. The minimum Gasteiger partial charge on any atom is -0.494 e. The first kappa shape index (κ1) is 21.9. The van der Waals surface area contributed by atoms with Crippen LogP contribution in [0.5, 0.6) is 5.75 Å². The number of nitrogens with zero attached hydrogens (tertiary/aromatic N) is 1. The smallest absolute Gasteiger partial charge is 0.255 e. The fourth-order valence-corrected chi connectivity index (χ4v) is 3.60. The number of carbonyl (C=O) groups is 2. The summed E-state index contributed by atoms with van der Waals surface area (Å²) >= 11 is 0. The summed E-state index contributed by atoms with van der Waals surface area (Å²) in [7, 11) is 0. The third-order valence-corrected chi connectivity index (χ3v) is 5.61. The fourth-order valence-electron chi connectivity index (χ4n) is 3.60. The van der Waals surface area contributed by atoms with E-state index >= 15 is 0 Å². The molecule has 0 radical (unpaired) electrons. The highest BCUT2D eigenvalue weighted by atomic mass is 16.5. The average Bonchev–Trinajstić information content (AvgIpc) is 2.77. The van der Waals surface area contributed by atoms with Gasteiger partial charge in [-0.2, -0.15) is 0 Å². The molecule has 0 aliphatic carbocycles. The maximum absolute atomic E-state index is 13.0. The lowest BCUT2D eigenvalue weighted by atomic mass is 9.98. The third-order valence-electron chi connectivity index (χ3n) is 5.61. The zero-order valence-corrected chi connectivity index (χ0v) is 18.0. The highest BCUT2D eigenvalue weighted by molar-refractivity contribution is 6.09. The number of para-hydroxylation sites is 1. The number of ether oxygens (including phenoxy) is 1. The lowest BCUT2D eigenvalue weighted by molar-refractivity contribution is 0.0698. The van der Waals surface area contributed by atoms with E-state index in [1.54, 1.807) is 24.3 Å². The summed E-state index contributed by atoms with van der Waals surface area (Å²) in [6.45, 7) is 6.60. The molecule has 1 aliphatic rings. The third kappa shape index (κ3) is 5.85. The summed E-state index contributed by atoms with van der Waals surface area (Å²) in [5, 5.41) is 2.91. The molecule has 1 heterocycles. The van der Waals surface area contributed by atoms with Crippen molar-refractivity contribution in [2.24, 2.45) is 5.92 Å². The van der Waals surface area contributed by atoms with Gasteiger partial charge >= 0.3 is 0 Å². The molecule has 2 aromatic carbocycles. The van der Waals surface area contributed by atoms with Crippen LogP contribution in [0.25, 0.3) is 0 Å². The number of anilines is 1. The molecule has 30 heavy (non-hydrogen) atoms. The van der Waals surface area contributed by atoms with E-state index in [9.17, 15) is 9.59 Å². The predicted octanol–water partition coefficient (Wildman–Crippen LogP) is 5.38. The summed E-state index contributed by atoms with van der Waals surface area (Å²) in [6.07, 6.45) is 5.37. The van der Waals surface area contributed by atoms with Gasteiger partial charge in [0.05, 0.1) is 17.9 Å². The molecular weight excluding hydrogens is 376 g/mol. The van der Waals surface area contributed by atoms with Crippen LogP contribution >= 0.6 is 0 Å². The van der Waals surface area contributed by atoms with Gasteiger partial charge in [-0.15, -0.1) is 0 Å². The number of hydrogen-bond acceptors (Lipinski definition) is 3. The standard InChI is InChI=1S/C25H32N2O3/c1-3-4-7-18-30-21-12-10-20(11-13-21)24(28)26-23-9-6-5-8-22(23)25(29)27-16-14-19(2)15-17-27/h5-6,8-13,19H,3-4,7,14-18H2,1-2H3,(H,26,28). The van der Waals surface area contributed by atoms with Crippen LogP contribution in [0, 0.1) is 5.92 Å². The number of nitrogens with one attached hydrogen (secondary N) is 1. The molecule has 0 bridgehead atoms. The maximum Gasteiger partial charge on any atom is 0.255 e. The molecule has 1 N–H and O–H groups in total. The van der Waals surface area contributed by atoms with Crippen molar-refractivity contribution in [1.29, 1.82) is 0 Å². The van der Waals surface area contributed by atoms with E-state index in [2.05, 4.69) is 19.2 Å². The molecular formula is C25H32N2O3. The summed E-state index contributed by atoms with van der Waals surface area (Å²) in [5.74, 6) is 1.16. The van der Waals surface area contributed by atoms with Crippen molar-refractivity contribution in [3.05, 3.63) is 59.7 Å². The van der Waals surface area contributed by atoms with E-state index in [-0.39, 0.29) is 11.8 Å². The summed E-state index contributed by atoms with van der Waals surface area (Å²) < 4.78 is 5.70. The predicted molar refractivity (Wildman–Crippen MR) is 120 cm³/mol. The van der Waals surface area contributed by atoms with Crippen molar-refractivity contribution in [3.8, 4) is 5.75 Å². The van der Waals surface area contributed by atoms with Crippen LogP contribution in [-0.4, -0.2) is 36.4 Å². The van der Waals surface area contributed by atoms with Crippen LogP contribution in [0.1, 0.15) is 66.7 Å². The SMILES string of the molecule is CCCCCOc1ccc(C(=O)Nc2ccccc2C(=O)N2CCC(C)CC2)cc1. The quantitative estimate of drug-likeness (QED) is 0.597. The molecule has 0 atom stereocenters. The molecule has 160 valence electrons. The van der Waals surface area contributed by atoms with Crippen molar-refractivity contribution in [3.63, 3.8) is 0 Å². The number of hydrogen-bond donors (Lipinski definition) is 1. The molecule has 0 spiro atoms. The Morgan fingerprint density at radius 1 is 1.03 bits per heavy atom. The zero-order valence-electron chi connectivity index (χ0n) is 18.0. The van der Waals surface area contributed by atoms with Crippen LogP contribution in [0.4, 0.5) is 5.69 Å². The summed E-state index contributed by atoms with van der Waals surface area (Å²) in [6, 6.07) is 14.4. The van der Waals surface area contributed by atoms with E-state index in [1.807, 2.05) is 29.2 Å². The lowest BCUT2D eigenvalue weighted by Gasteiger charge is -2.30. The van der Waals surface area contributed by atoms with Gasteiger partial charge in [0.2, 0.25) is 0 Å². The summed E-state index contributed by atoms with van der Waals surface area (Å²) in [4.78, 5) is 27.6. The second-order valence-electron chi connectivity index (χ2n) is 8.05. The van der Waals surface area contributed by atoms with Crippen molar-refractivity contribution >= 4 is 17.5 Å². The molecule has 1 fully saturated rings. The minimum absolute atomic E-state index is 0.0198. The van der Waals surface area contributed by atoms with Gasteiger partial charge in [0.25, 0.3) is 11.8 Å². The van der Waals surface area contributed by atoms with Gasteiger partial charge in [-0.1, -0.05) is 38.8 Å². The molecule has 0 saturated carbocycles. The van der Waals surface area contributed by atoms with Crippen molar-refractivity contribution in [2.45, 2.75) is 46.0 Å².